The fourth-order valence-electron chi connectivity index (χ4n) is 3.83. The number of methoxy groups -OCH3 is 2. The van der Waals surface area contributed by atoms with Crippen LogP contribution in [0.15, 0.2) is 59.1 Å². The zero-order chi connectivity index (χ0) is 24.5. The highest BCUT2D eigenvalue weighted by atomic mass is 79.9. The third-order valence-electron chi connectivity index (χ3n) is 5.48. The van der Waals surface area contributed by atoms with Gasteiger partial charge in [-0.1, -0.05) is 42.9 Å². The molecule has 6 rings (SSSR count). The lowest BCUT2D eigenvalue weighted by atomic mass is 10.1. The summed E-state index contributed by atoms with van der Waals surface area (Å²) >= 11 is 6.35. The van der Waals surface area contributed by atoms with Gasteiger partial charge in [0, 0.05) is 36.5 Å². The fraction of sp³-hybridized carbons (Fsp3) is 0.214. The molecular formula is C28H27BrO6S2. The van der Waals surface area contributed by atoms with Gasteiger partial charge in [0.25, 0.3) is 0 Å². The van der Waals surface area contributed by atoms with Gasteiger partial charge < -0.3 is 18.9 Å². The molecule has 0 atom stereocenters. The summed E-state index contributed by atoms with van der Waals surface area (Å²) in [6.07, 6.45) is 0. The standard InChI is InChI=1S/C13H9BrO3S.C13H10O3S.2CH4/c1-16-13(15)11-4-7-6-17-10-3-2-8(14)5-9(10)12(7)18-11;1-15-13(14)11-6-8-7-16-10-5-3-2-4-9(10)12(8)17-11;;/h2-5H,6H2,1H3;2-6H,7H2,1H3;2*1H4. The van der Waals surface area contributed by atoms with Crippen molar-refractivity contribution in [2.75, 3.05) is 14.2 Å². The Morgan fingerprint density at radius 3 is 1.84 bits per heavy atom. The minimum Gasteiger partial charge on any atom is -0.488 e. The second-order valence-electron chi connectivity index (χ2n) is 7.63. The van der Waals surface area contributed by atoms with Crippen LogP contribution >= 0.6 is 38.6 Å². The first kappa shape index (κ1) is 28.4. The van der Waals surface area contributed by atoms with Gasteiger partial charge in [0.1, 0.15) is 34.5 Å². The zero-order valence-electron chi connectivity index (χ0n) is 18.8. The summed E-state index contributed by atoms with van der Waals surface area (Å²) in [5.41, 5.74) is 4.15. The maximum atomic E-state index is 11.5. The number of thiophene rings is 2. The van der Waals surface area contributed by atoms with E-state index in [4.69, 9.17) is 18.9 Å². The van der Waals surface area contributed by atoms with Crippen LogP contribution < -0.4 is 9.47 Å². The number of esters is 2. The van der Waals surface area contributed by atoms with E-state index in [1.165, 1.54) is 36.9 Å². The minimum absolute atomic E-state index is 0. The number of hydrogen-bond acceptors (Lipinski definition) is 8. The molecular weight excluding hydrogens is 576 g/mol. The Bertz CT molecular complexity index is 1440. The molecule has 0 unspecified atom stereocenters. The first-order chi connectivity index (χ1) is 17.0. The van der Waals surface area contributed by atoms with Crippen molar-refractivity contribution in [2.24, 2.45) is 0 Å². The SMILES string of the molecule is C.C.COC(=O)c1cc2c(s1)-c1cc(Br)ccc1OC2.COC(=O)c1cc2c(s1)-c1ccccc1OC2. The van der Waals surface area contributed by atoms with E-state index in [-0.39, 0.29) is 26.8 Å². The Balaban J connectivity index is 0.000000195. The second-order valence-corrected chi connectivity index (χ2v) is 10.6. The van der Waals surface area contributed by atoms with Crippen molar-refractivity contribution in [1.29, 1.82) is 0 Å². The summed E-state index contributed by atoms with van der Waals surface area (Å²) in [6.45, 7) is 1.01. The third-order valence-corrected chi connectivity index (χ3v) is 8.35. The van der Waals surface area contributed by atoms with E-state index in [9.17, 15) is 9.59 Å². The number of rotatable bonds is 2. The summed E-state index contributed by atoms with van der Waals surface area (Å²) < 4.78 is 21.8. The van der Waals surface area contributed by atoms with Gasteiger partial charge >= 0.3 is 11.9 Å². The van der Waals surface area contributed by atoms with Crippen molar-refractivity contribution < 1.29 is 28.5 Å². The molecule has 0 radical (unpaired) electrons. The average molecular weight is 604 g/mol. The lowest BCUT2D eigenvalue weighted by molar-refractivity contribution is 0.0597. The summed E-state index contributed by atoms with van der Waals surface area (Å²) in [5.74, 6) is 1.13. The highest BCUT2D eigenvalue weighted by Crippen LogP contribution is 2.44. The maximum absolute atomic E-state index is 11.5. The van der Waals surface area contributed by atoms with Gasteiger partial charge in [0.05, 0.1) is 14.2 Å². The van der Waals surface area contributed by atoms with Crippen molar-refractivity contribution in [2.45, 2.75) is 28.1 Å². The normalized spacial score (nSPS) is 11.6. The van der Waals surface area contributed by atoms with Crippen LogP contribution in [0.2, 0.25) is 0 Å². The van der Waals surface area contributed by atoms with Gasteiger partial charge in [0.15, 0.2) is 0 Å². The quantitative estimate of drug-likeness (QED) is 0.215. The van der Waals surface area contributed by atoms with Crippen LogP contribution in [0.25, 0.3) is 20.9 Å². The minimum atomic E-state index is -0.300. The van der Waals surface area contributed by atoms with Crippen LogP contribution in [0.4, 0.5) is 0 Å². The number of carbonyl (C=O) groups is 2. The monoisotopic (exact) mass is 602 g/mol. The molecule has 0 fully saturated rings. The summed E-state index contributed by atoms with van der Waals surface area (Å²) in [6, 6.07) is 17.4. The first-order valence-corrected chi connectivity index (χ1v) is 13.0. The molecule has 9 heteroatoms. The van der Waals surface area contributed by atoms with E-state index in [2.05, 4.69) is 15.9 Å². The molecule has 4 heterocycles. The van der Waals surface area contributed by atoms with Gasteiger partial charge in [-0.15, -0.1) is 22.7 Å². The average Bonchev–Trinajstić information content (AvgIpc) is 3.53. The van der Waals surface area contributed by atoms with E-state index in [0.29, 0.717) is 23.0 Å². The van der Waals surface area contributed by atoms with Gasteiger partial charge in [-0.3, -0.25) is 0 Å². The Morgan fingerprint density at radius 2 is 1.27 bits per heavy atom. The van der Waals surface area contributed by atoms with Crippen LogP contribution in [0.1, 0.15) is 45.3 Å². The van der Waals surface area contributed by atoms with Crippen molar-refractivity contribution in [3.05, 3.63) is 80.0 Å². The van der Waals surface area contributed by atoms with E-state index in [1.807, 2.05) is 54.6 Å². The van der Waals surface area contributed by atoms with Crippen LogP contribution in [0.5, 0.6) is 11.5 Å². The highest BCUT2D eigenvalue weighted by molar-refractivity contribution is 9.10. The van der Waals surface area contributed by atoms with Crippen LogP contribution in [0, 0.1) is 0 Å². The Morgan fingerprint density at radius 1 is 0.757 bits per heavy atom. The van der Waals surface area contributed by atoms with E-state index < -0.39 is 0 Å². The molecule has 2 aromatic carbocycles. The molecule has 2 aromatic heterocycles. The number of benzene rings is 2. The molecule has 37 heavy (non-hydrogen) atoms. The maximum Gasteiger partial charge on any atom is 0.348 e. The molecule has 194 valence electrons. The first-order valence-electron chi connectivity index (χ1n) is 10.6. The van der Waals surface area contributed by atoms with Gasteiger partial charge in [0.2, 0.25) is 0 Å². The number of para-hydroxylation sites is 1. The predicted octanol–water partition coefficient (Wildman–Crippen LogP) is 8.22. The molecule has 2 aliphatic heterocycles. The molecule has 0 aliphatic carbocycles. The lowest BCUT2D eigenvalue weighted by Gasteiger charge is -2.17. The van der Waals surface area contributed by atoms with Crippen LogP contribution in [0.3, 0.4) is 0 Å². The molecule has 0 saturated heterocycles. The summed E-state index contributed by atoms with van der Waals surface area (Å²) in [4.78, 5) is 26.5. The predicted molar refractivity (Wildman–Crippen MR) is 152 cm³/mol. The Hall–Kier alpha value is -3.14. The lowest BCUT2D eigenvalue weighted by Crippen LogP contribution is -2.02. The van der Waals surface area contributed by atoms with E-state index in [1.54, 1.807) is 0 Å². The zero-order valence-corrected chi connectivity index (χ0v) is 22.0. The molecule has 4 aromatic rings. The molecule has 0 spiro atoms. The molecule has 2 aliphatic rings. The van der Waals surface area contributed by atoms with Crippen LogP contribution in [-0.4, -0.2) is 26.2 Å². The molecule has 0 bridgehead atoms. The Kier molecular flexibility index (Phi) is 9.17. The topological polar surface area (TPSA) is 71.1 Å². The van der Waals surface area contributed by atoms with Crippen molar-refractivity contribution >= 4 is 50.5 Å². The highest BCUT2D eigenvalue weighted by Gasteiger charge is 2.24. The van der Waals surface area contributed by atoms with Crippen LogP contribution in [-0.2, 0) is 22.7 Å². The third kappa shape index (κ3) is 5.58. The number of carbonyl (C=O) groups excluding carboxylic acids is 2. The molecule has 0 amide bonds. The largest absolute Gasteiger partial charge is 0.488 e. The second kappa shape index (κ2) is 11.9. The summed E-state index contributed by atoms with van der Waals surface area (Å²) in [7, 11) is 2.79. The van der Waals surface area contributed by atoms with Gasteiger partial charge in [-0.05, 0) is 42.5 Å². The van der Waals surface area contributed by atoms with E-state index >= 15 is 0 Å². The molecule has 6 nitrogen and oxygen atoms in total. The van der Waals surface area contributed by atoms with Gasteiger partial charge in [-0.25, -0.2) is 9.59 Å². The van der Waals surface area contributed by atoms with Gasteiger partial charge in [-0.2, -0.15) is 0 Å². The number of fused-ring (bicyclic) bond motifs is 6. The van der Waals surface area contributed by atoms with Crippen molar-refractivity contribution in [1.82, 2.24) is 0 Å². The summed E-state index contributed by atoms with van der Waals surface area (Å²) in [5, 5.41) is 0. The smallest absolute Gasteiger partial charge is 0.348 e. The van der Waals surface area contributed by atoms with Crippen molar-refractivity contribution in [3.8, 4) is 32.4 Å². The van der Waals surface area contributed by atoms with E-state index in [0.717, 1.165) is 48.0 Å². The molecule has 0 saturated carbocycles. The van der Waals surface area contributed by atoms with Crippen molar-refractivity contribution in [3.63, 3.8) is 0 Å². The molecule has 0 N–H and O–H groups in total. The number of halogens is 1. The number of hydrogen-bond donors (Lipinski definition) is 0. The Labute approximate surface area is 232 Å². The fourth-order valence-corrected chi connectivity index (χ4v) is 6.41. The number of ether oxygens (including phenoxy) is 4.